The van der Waals surface area contributed by atoms with Crippen molar-refractivity contribution in [3.63, 3.8) is 0 Å². The standard InChI is InChI=1S/C26H34O3S.Na/c1-16(2)12-20-8-10-21(11-9-20)19(5)25(28)29-22-14-17(3)13-18(4)24(22)26(6,7)15-23(27)30;/h8-11,13-14,16,19H,12,15H2,1-7H3,(H,27,30);/q;+1/p-1/t19-;/m0./s1. The summed E-state index contributed by atoms with van der Waals surface area (Å²) < 4.78 is 5.90. The molecule has 0 aliphatic rings. The van der Waals surface area contributed by atoms with Gasteiger partial charge >= 0.3 is 35.5 Å². The van der Waals surface area contributed by atoms with Gasteiger partial charge in [0.15, 0.2) is 0 Å². The van der Waals surface area contributed by atoms with Crippen molar-refractivity contribution in [2.24, 2.45) is 5.92 Å². The first kappa shape index (κ1) is 27.8. The summed E-state index contributed by atoms with van der Waals surface area (Å²) >= 11 is 4.82. The average Bonchev–Trinajstić information content (AvgIpc) is 2.59. The largest absolute Gasteiger partial charge is 1.00 e. The van der Waals surface area contributed by atoms with Crippen molar-refractivity contribution < 1.29 is 44.2 Å². The van der Waals surface area contributed by atoms with Crippen LogP contribution in [-0.2, 0) is 16.6 Å². The Labute approximate surface area is 214 Å². The zero-order valence-electron chi connectivity index (χ0n) is 20.2. The van der Waals surface area contributed by atoms with Gasteiger partial charge in [-0.3, -0.25) is 4.79 Å². The van der Waals surface area contributed by atoms with Crippen LogP contribution < -0.4 is 39.4 Å². The predicted molar refractivity (Wildman–Crippen MR) is 125 cm³/mol. The fourth-order valence-electron chi connectivity index (χ4n) is 4.07. The first-order chi connectivity index (χ1) is 13.9. The van der Waals surface area contributed by atoms with E-state index in [0.717, 1.165) is 28.7 Å². The van der Waals surface area contributed by atoms with Crippen LogP contribution in [0.1, 0.15) is 74.8 Å². The van der Waals surface area contributed by atoms with Crippen LogP contribution in [0.25, 0.3) is 0 Å². The number of thiocarbonyl (C=S) groups is 1. The minimum absolute atomic E-state index is 0. The summed E-state index contributed by atoms with van der Waals surface area (Å²) in [7, 11) is 0. The molecule has 2 aromatic carbocycles. The molecule has 0 fully saturated rings. The van der Waals surface area contributed by atoms with E-state index in [1.165, 1.54) is 5.56 Å². The van der Waals surface area contributed by atoms with Gasteiger partial charge in [0.1, 0.15) is 5.75 Å². The molecule has 0 aliphatic heterocycles. The number of aryl methyl sites for hydroxylation is 2. The molecular formula is C26H33NaO3S. The maximum absolute atomic E-state index is 13.0. The molecule has 0 unspecified atom stereocenters. The maximum Gasteiger partial charge on any atom is 1.00 e. The molecule has 0 radical (unpaired) electrons. The van der Waals surface area contributed by atoms with Crippen molar-refractivity contribution >= 4 is 23.2 Å². The summed E-state index contributed by atoms with van der Waals surface area (Å²) in [5, 5.41) is 11.3. The summed E-state index contributed by atoms with van der Waals surface area (Å²) in [6, 6.07) is 12.1. The number of ether oxygens (including phenoxy) is 1. The third kappa shape index (κ3) is 7.71. The van der Waals surface area contributed by atoms with E-state index in [9.17, 15) is 9.90 Å². The van der Waals surface area contributed by atoms with Gasteiger partial charge in [0, 0.05) is 5.56 Å². The van der Waals surface area contributed by atoms with Gasteiger partial charge in [-0.05, 0) is 73.3 Å². The Morgan fingerprint density at radius 2 is 1.68 bits per heavy atom. The second kappa shape index (κ2) is 11.6. The second-order valence-corrected chi connectivity index (χ2v) is 9.83. The first-order valence-electron chi connectivity index (χ1n) is 10.5. The average molecular weight is 449 g/mol. The molecule has 2 aromatic rings. The van der Waals surface area contributed by atoms with Crippen molar-refractivity contribution in [1.29, 1.82) is 0 Å². The Morgan fingerprint density at radius 3 is 2.19 bits per heavy atom. The number of benzene rings is 2. The molecule has 0 aromatic heterocycles. The molecule has 0 bridgehead atoms. The topological polar surface area (TPSA) is 49.4 Å². The van der Waals surface area contributed by atoms with E-state index < -0.39 is 11.3 Å². The number of hydrogen-bond acceptors (Lipinski definition) is 4. The molecule has 31 heavy (non-hydrogen) atoms. The quantitative estimate of drug-likeness (QED) is 0.270. The molecule has 0 saturated heterocycles. The smallest absolute Gasteiger partial charge is 0.867 e. The second-order valence-electron chi connectivity index (χ2n) is 9.37. The number of rotatable bonds is 8. The predicted octanol–water partition coefficient (Wildman–Crippen LogP) is 2.57. The van der Waals surface area contributed by atoms with Crippen LogP contribution >= 0.6 is 12.2 Å². The Hall–Kier alpha value is -1.20. The van der Waals surface area contributed by atoms with Crippen molar-refractivity contribution in [2.45, 2.75) is 72.6 Å². The Morgan fingerprint density at radius 1 is 1.10 bits per heavy atom. The van der Waals surface area contributed by atoms with Gasteiger partial charge < -0.3 is 9.84 Å². The summed E-state index contributed by atoms with van der Waals surface area (Å²) in [5.41, 5.74) is 4.53. The van der Waals surface area contributed by atoms with E-state index in [4.69, 9.17) is 17.0 Å². The number of carbonyl (C=O) groups excluding carboxylic acids is 1. The van der Waals surface area contributed by atoms with Gasteiger partial charge in [-0.25, -0.2) is 0 Å². The van der Waals surface area contributed by atoms with E-state index >= 15 is 0 Å². The van der Waals surface area contributed by atoms with E-state index in [2.05, 4.69) is 26.0 Å². The van der Waals surface area contributed by atoms with Gasteiger partial charge in [0.2, 0.25) is 0 Å². The van der Waals surface area contributed by atoms with Crippen molar-refractivity contribution in [3.8, 4) is 5.75 Å². The minimum Gasteiger partial charge on any atom is -0.867 e. The van der Waals surface area contributed by atoms with E-state index in [-0.39, 0.29) is 47.0 Å². The van der Waals surface area contributed by atoms with Gasteiger partial charge in [0.25, 0.3) is 0 Å². The molecular weight excluding hydrogens is 415 g/mol. The first-order valence-corrected chi connectivity index (χ1v) is 10.9. The van der Waals surface area contributed by atoms with Gasteiger partial charge in [-0.2, -0.15) is 0 Å². The number of carbonyl (C=O) groups is 1. The van der Waals surface area contributed by atoms with E-state index in [1.54, 1.807) is 0 Å². The van der Waals surface area contributed by atoms with Gasteiger partial charge in [-0.1, -0.05) is 63.1 Å². The van der Waals surface area contributed by atoms with Gasteiger partial charge in [-0.15, -0.1) is 12.2 Å². The Balaban J connectivity index is 0.00000480. The van der Waals surface area contributed by atoms with Crippen molar-refractivity contribution in [2.75, 3.05) is 0 Å². The van der Waals surface area contributed by atoms with Crippen LogP contribution in [0.15, 0.2) is 36.4 Å². The molecule has 2 rings (SSSR count). The third-order valence-electron chi connectivity index (χ3n) is 5.39. The molecule has 0 N–H and O–H groups in total. The molecule has 5 heteroatoms. The summed E-state index contributed by atoms with van der Waals surface area (Å²) in [6.07, 6.45) is 1.23. The molecule has 3 nitrogen and oxygen atoms in total. The SMILES string of the molecule is Cc1cc(C)c(C(C)(C)CC([O-])=S)c(OC(=O)[C@@H](C)c2ccc(CC(C)C)cc2)c1.[Na+]. The van der Waals surface area contributed by atoms with E-state index in [1.807, 2.05) is 58.9 Å². The molecule has 0 amide bonds. The van der Waals surface area contributed by atoms with Crippen LogP contribution in [0.4, 0.5) is 0 Å². The molecule has 0 aliphatic carbocycles. The summed E-state index contributed by atoms with van der Waals surface area (Å²) in [5.74, 6) is 0.405. The molecule has 1 atom stereocenters. The van der Waals surface area contributed by atoms with Crippen LogP contribution in [-0.4, -0.2) is 11.0 Å². The molecule has 0 saturated carbocycles. The van der Waals surface area contributed by atoms with Crippen molar-refractivity contribution in [1.82, 2.24) is 0 Å². The maximum atomic E-state index is 13.0. The third-order valence-corrected chi connectivity index (χ3v) is 5.54. The van der Waals surface area contributed by atoms with Gasteiger partial charge in [0.05, 0.1) is 5.92 Å². The Bertz CT molecular complexity index is 917. The van der Waals surface area contributed by atoms with Crippen LogP contribution in [0, 0.1) is 19.8 Å². The summed E-state index contributed by atoms with van der Waals surface area (Å²) in [4.78, 5) is 13.0. The van der Waals surface area contributed by atoms with Crippen LogP contribution in [0.2, 0.25) is 0 Å². The molecule has 0 spiro atoms. The normalized spacial score (nSPS) is 12.3. The van der Waals surface area contributed by atoms with E-state index in [0.29, 0.717) is 11.7 Å². The zero-order valence-corrected chi connectivity index (χ0v) is 23.0. The fraction of sp³-hybridized carbons (Fsp3) is 0.462. The summed E-state index contributed by atoms with van der Waals surface area (Å²) in [6.45, 7) is 14.1. The monoisotopic (exact) mass is 448 g/mol. The van der Waals surface area contributed by atoms with Crippen molar-refractivity contribution in [3.05, 3.63) is 64.2 Å². The zero-order chi connectivity index (χ0) is 22.6. The Kier molecular flexibility index (Phi) is 10.4. The fourth-order valence-corrected chi connectivity index (χ4v) is 4.43. The van der Waals surface area contributed by atoms with Crippen LogP contribution in [0.3, 0.4) is 0 Å². The molecule has 162 valence electrons. The molecule has 0 heterocycles. The number of hydrogen-bond donors (Lipinski definition) is 0. The van der Waals surface area contributed by atoms with Crippen LogP contribution in [0.5, 0.6) is 5.75 Å². The number of esters is 1. The minimum atomic E-state index is -0.520.